The van der Waals surface area contributed by atoms with E-state index in [2.05, 4.69) is 5.32 Å². The summed E-state index contributed by atoms with van der Waals surface area (Å²) in [6.07, 6.45) is -1.26. The highest BCUT2D eigenvalue weighted by molar-refractivity contribution is 8.00. The summed E-state index contributed by atoms with van der Waals surface area (Å²) in [6, 6.07) is 1.50. The fourth-order valence-electron chi connectivity index (χ4n) is 1.34. The van der Waals surface area contributed by atoms with E-state index in [-0.39, 0.29) is 10.6 Å². The van der Waals surface area contributed by atoms with E-state index < -0.39 is 35.7 Å². The van der Waals surface area contributed by atoms with Crippen molar-refractivity contribution in [2.45, 2.75) is 24.0 Å². The summed E-state index contributed by atoms with van der Waals surface area (Å²) in [4.78, 5) is 22.3. The molecule has 0 aliphatic rings. The van der Waals surface area contributed by atoms with E-state index in [1.807, 2.05) is 0 Å². The third-order valence-corrected chi connectivity index (χ3v) is 3.37. The summed E-state index contributed by atoms with van der Waals surface area (Å²) in [6.45, 7) is 1.23. The molecule has 1 amide bonds. The summed E-state index contributed by atoms with van der Waals surface area (Å²) in [5.74, 6) is -3.82. The molecule has 0 radical (unpaired) electrons. The molecule has 2 unspecified atom stereocenters. The molecule has 3 N–H and O–H groups in total. The quantitative estimate of drug-likeness (QED) is 0.683. The first-order valence-electron chi connectivity index (χ1n) is 5.59. The number of aliphatic hydroxyl groups is 1. The van der Waals surface area contributed by atoms with E-state index in [9.17, 15) is 23.5 Å². The Labute approximate surface area is 118 Å². The zero-order valence-electron chi connectivity index (χ0n) is 10.5. The minimum atomic E-state index is -1.43. The lowest BCUT2D eigenvalue weighted by atomic mass is 10.2. The minimum Gasteiger partial charge on any atom is -0.480 e. The lowest BCUT2D eigenvalue weighted by Gasteiger charge is -2.16. The van der Waals surface area contributed by atoms with Crippen molar-refractivity contribution in [2.75, 3.05) is 5.75 Å². The van der Waals surface area contributed by atoms with Crippen LogP contribution in [0.1, 0.15) is 6.92 Å². The van der Waals surface area contributed by atoms with E-state index in [4.69, 9.17) is 5.11 Å². The predicted octanol–water partition coefficient (Wildman–Crippen LogP) is 1.01. The van der Waals surface area contributed by atoms with Gasteiger partial charge in [0.25, 0.3) is 0 Å². The maximum atomic E-state index is 13.3. The van der Waals surface area contributed by atoms with Gasteiger partial charge in [-0.15, -0.1) is 11.8 Å². The van der Waals surface area contributed by atoms with Crippen molar-refractivity contribution in [1.29, 1.82) is 0 Å². The van der Waals surface area contributed by atoms with Crippen LogP contribution in [-0.2, 0) is 9.59 Å². The van der Waals surface area contributed by atoms with Crippen LogP contribution in [0.3, 0.4) is 0 Å². The van der Waals surface area contributed by atoms with Crippen LogP contribution in [0.5, 0.6) is 0 Å². The van der Waals surface area contributed by atoms with E-state index in [1.165, 1.54) is 13.0 Å². The number of nitrogens with one attached hydrogen (secondary N) is 1. The molecule has 0 aromatic heterocycles. The molecule has 0 heterocycles. The zero-order valence-corrected chi connectivity index (χ0v) is 11.3. The Kier molecular flexibility index (Phi) is 5.90. The smallest absolute Gasteiger partial charge is 0.328 e. The monoisotopic (exact) mass is 305 g/mol. The molecule has 8 heteroatoms. The van der Waals surface area contributed by atoms with Gasteiger partial charge < -0.3 is 15.5 Å². The molecule has 0 saturated carbocycles. The third-order valence-electron chi connectivity index (χ3n) is 2.32. The molecule has 1 aromatic rings. The highest BCUT2D eigenvalue weighted by Gasteiger charge is 2.24. The van der Waals surface area contributed by atoms with Crippen molar-refractivity contribution in [2.24, 2.45) is 0 Å². The van der Waals surface area contributed by atoms with Crippen LogP contribution < -0.4 is 5.32 Å². The second kappa shape index (κ2) is 7.20. The molecule has 20 heavy (non-hydrogen) atoms. The average molecular weight is 305 g/mol. The number of hydrogen-bond donors (Lipinski definition) is 3. The zero-order chi connectivity index (χ0) is 15.3. The number of aliphatic hydroxyl groups excluding tert-OH is 1. The Bertz CT molecular complexity index is 510. The summed E-state index contributed by atoms with van der Waals surface area (Å²) in [5, 5.41) is 20.1. The Morgan fingerprint density at radius 2 is 2.05 bits per heavy atom. The molecule has 110 valence electrons. The number of halogens is 2. The maximum Gasteiger partial charge on any atom is 0.328 e. The third kappa shape index (κ3) is 4.78. The molecule has 0 aliphatic heterocycles. The van der Waals surface area contributed by atoms with Crippen LogP contribution in [0.2, 0.25) is 0 Å². The Morgan fingerprint density at radius 1 is 1.40 bits per heavy atom. The van der Waals surface area contributed by atoms with E-state index >= 15 is 0 Å². The lowest BCUT2D eigenvalue weighted by molar-refractivity contribution is -0.144. The molecule has 5 nitrogen and oxygen atoms in total. The van der Waals surface area contributed by atoms with E-state index in [0.717, 1.165) is 17.8 Å². The second-order valence-electron chi connectivity index (χ2n) is 3.99. The summed E-state index contributed by atoms with van der Waals surface area (Å²) < 4.78 is 26.0. The van der Waals surface area contributed by atoms with Gasteiger partial charge in [-0.25, -0.2) is 13.6 Å². The summed E-state index contributed by atoms with van der Waals surface area (Å²) in [7, 11) is 0. The van der Waals surface area contributed by atoms with Crippen molar-refractivity contribution in [3.63, 3.8) is 0 Å². The van der Waals surface area contributed by atoms with Gasteiger partial charge in [0.05, 0.1) is 11.9 Å². The summed E-state index contributed by atoms with van der Waals surface area (Å²) in [5.41, 5.74) is 0. The second-order valence-corrected chi connectivity index (χ2v) is 5.00. The van der Waals surface area contributed by atoms with E-state index in [0.29, 0.717) is 6.07 Å². The number of carboxylic acid groups (broad SMARTS) is 1. The SMILES string of the molecule is CC(O)C(NC(=O)CSc1ccc(F)cc1F)C(=O)O. The number of carbonyl (C=O) groups is 2. The number of aliphatic carboxylic acids is 1. The van der Waals surface area contributed by atoms with Crippen LogP contribution in [0.15, 0.2) is 23.1 Å². The van der Waals surface area contributed by atoms with Crippen LogP contribution in [0.25, 0.3) is 0 Å². The van der Waals surface area contributed by atoms with Gasteiger partial charge in [0, 0.05) is 11.0 Å². The van der Waals surface area contributed by atoms with E-state index in [1.54, 1.807) is 0 Å². The minimum absolute atomic E-state index is 0.0745. The summed E-state index contributed by atoms with van der Waals surface area (Å²) >= 11 is 0.801. The number of hydrogen-bond acceptors (Lipinski definition) is 4. The first kappa shape index (κ1) is 16.4. The number of thioether (sulfide) groups is 1. The van der Waals surface area contributed by atoms with Gasteiger partial charge in [0.2, 0.25) is 5.91 Å². The van der Waals surface area contributed by atoms with Gasteiger partial charge in [-0.2, -0.15) is 0 Å². The van der Waals surface area contributed by atoms with Crippen LogP contribution >= 0.6 is 11.8 Å². The molecule has 2 atom stereocenters. The normalized spacial score (nSPS) is 13.6. The topological polar surface area (TPSA) is 86.6 Å². The molecule has 0 bridgehead atoms. The largest absolute Gasteiger partial charge is 0.480 e. The fourth-order valence-corrected chi connectivity index (χ4v) is 2.07. The molecule has 0 spiro atoms. The Balaban J connectivity index is 2.57. The Hall–Kier alpha value is -1.67. The number of carbonyl (C=O) groups excluding carboxylic acids is 1. The molecule has 0 saturated heterocycles. The number of carboxylic acids is 1. The number of rotatable bonds is 6. The van der Waals surface area contributed by atoms with Crippen molar-refractivity contribution in [3.05, 3.63) is 29.8 Å². The molecule has 1 rings (SSSR count). The predicted molar refractivity (Wildman–Crippen MR) is 68.3 cm³/mol. The number of amides is 1. The molecule has 1 aromatic carbocycles. The van der Waals surface area contributed by atoms with Crippen molar-refractivity contribution in [3.8, 4) is 0 Å². The van der Waals surface area contributed by atoms with Gasteiger partial charge in [-0.05, 0) is 19.1 Å². The van der Waals surface area contributed by atoms with Crippen molar-refractivity contribution < 1.29 is 28.6 Å². The van der Waals surface area contributed by atoms with Gasteiger partial charge in [0.1, 0.15) is 11.6 Å². The molecule has 0 aliphatic carbocycles. The van der Waals surface area contributed by atoms with Crippen molar-refractivity contribution >= 4 is 23.6 Å². The lowest BCUT2D eigenvalue weighted by Crippen LogP contribution is -2.48. The first-order chi connectivity index (χ1) is 9.31. The average Bonchev–Trinajstić information content (AvgIpc) is 2.34. The van der Waals surface area contributed by atoms with Crippen molar-refractivity contribution in [1.82, 2.24) is 5.32 Å². The molecular weight excluding hydrogens is 292 g/mol. The first-order valence-corrected chi connectivity index (χ1v) is 6.58. The highest BCUT2D eigenvalue weighted by Crippen LogP contribution is 2.22. The van der Waals surface area contributed by atoms with Crippen LogP contribution in [0.4, 0.5) is 8.78 Å². The highest BCUT2D eigenvalue weighted by atomic mass is 32.2. The van der Waals surface area contributed by atoms with Crippen LogP contribution in [-0.4, -0.2) is 40.0 Å². The Morgan fingerprint density at radius 3 is 2.55 bits per heavy atom. The fraction of sp³-hybridized carbons (Fsp3) is 0.333. The van der Waals surface area contributed by atoms with Gasteiger partial charge in [-0.1, -0.05) is 0 Å². The van der Waals surface area contributed by atoms with Gasteiger partial charge in [0.15, 0.2) is 6.04 Å². The van der Waals surface area contributed by atoms with Gasteiger partial charge >= 0.3 is 5.97 Å². The maximum absolute atomic E-state index is 13.3. The standard InChI is InChI=1S/C12H13F2NO4S/c1-6(16)11(12(18)19)15-10(17)5-20-9-3-2-7(13)4-8(9)14/h2-4,6,11,16H,5H2,1H3,(H,15,17)(H,18,19). The van der Waals surface area contributed by atoms with Gasteiger partial charge in [-0.3, -0.25) is 4.79 Å². The van der Waals surface area contributed by atoms with Crippen LogP contribution in [0, 0.1) is 11.6 Å². The molecular formula is C12H13F2NO4S. The molecule has 0 fully saturated rings. The number of benzene rings is 1.